The maximum atomic E-state index is 5.27. The van der Waals surface area contributed by atoms with E-state index in [0.717, 1.165) is 0 Å². The van der Waals surface area contributed by atoms with Crippen molar-refractivity contribution in [3.8, 4) is 0 Å². The molecular weight excluding hydrogens is 152 g/mol. The summed E-state index contributed by atoms with van der Waals surface area (Å²) in [6.07, 6.45) is 0. The largest absolute Gasteiger partial charge is 0.369 e. The average Bonchev–Trinajstić information content (AvgIpc) is 1.85. The molecule has 6 nitrogen and oxygen atoms in total. The van der Waals surface area contributed by atoms with E-state index in [1.807, 2.05) is 0 Å². The summed E-state index contributed by atoms with van der Waals surface area (Å²) in [4.78, 5) is 9.85. The molecule has 1 rings (SSSR count). The normalized spacial score (nSPS) is 9.30. The molecule has 6 N–H and O–H groups in total. The lowest BCUT2D eigenvalue weighted by Crippen LogP contribution is -2.12. The maximum absolute atomic E-state index is 5.27. The first-order valence-electron chi connectivity index (χ1n) is 2.43. The van der Waals surface area contributed by atoms with Gasteiger partial charge in [-0.15, -0.1) is 0 Å². The molecule has 0 radical (unpaired) electrons. The third-order valence-corrected chi connectivity index (χ3v) is 0.989. The van der Waals surface area contributed by atoms with E-state index in [2.05, 4.69) is 32.6 Å². The molecule has 0 aliphatic carbocycles. The van der Waals surface area contributed by atoms with Crippen LogP contribution in [-0.2, 0) is 0 Å². The zero-order valence-corrected chi connectivity index (χ0v) is 5.77. The number of aromatic nitrogens is 3. The van der Waals surface area contributed by atoms with Crippen LogP contribution in [0.1, 0.15) is 0 Å². The van der Waals surface area contributed by atoms with Gasteiger partial charge in [0.2, 0.25) is 16.7 Å². The number of hydrogen-bond donors (Lipinski definition) is 4. The molecule has 0 bridgehead atoms. The summed E-state index contributed by atoms with van der Waals surface area (Å²) < 4.78 is 0.157. The minimum absolute atomic E-state index is 0.157. The molecule has 0 spiro atoms. The van der Waals surface area contributed by atoms with Gasteiger partial charge in [0.15, 0.2) is 0 Å². The first-order chi connectivity index (χ1) is 4.72. The Labute approximate surface area is 61.6 Å². The summed E-state index contributed by atoms with van der Waals surface area (Å²) in [5, 5.41) is 0. The fourth-order valence-corrected chi connectivity index (χ4v) is 0.659. The summed E-state index contributed by atoms with van der Waals surface area (Å²) in [6.45, 7) is 0. The van der Waals surface area contributed by atoms with Crippen LogP contribution in [0.3, 0.4) is 0 Å². The van der Waals surface area contributed by atoms with Crippen LogP contribution in [0.25, 0.3) is 0 Å². The highest BCUT2D eigenvalue weighted by molar-refractivity contribution is 7.71. The second kappa shape index (κ2) is 2.58. The summed E-state index contributed by atoms with van der Waals surface area (Å²) in [7, 11) is 0. The summed E-state index contributed by atoms with van der Waals surface area (Å²) >= 11 is 4.64. The summed E-state index contributed by atoms with van der Waals surface area (Å²) in [5.41, 5.74) is 7.52. The van der Waals surface area contributed by atoms with Gasteiger partial charge in [0.1, 0.15) is 0 Å². The first-order valence-corrected chi connectivity index (χ1v) is 2.83. The van der Waals surface area contributed by atoms with Crippen LogP contribution in [0, 0.1) is 4.77 Å². The Bertz CT molecular complexity index is 279. The van der Waals surface area contributed by atoms with Crippen molar-refractivity contribution in [3.05, 3.63) is 4.77 Å². The number of nitrogens with zero attached hydrogens (tertiary/aromatic N) is 2. The maximum Gasteiger partial charge on any atom is 0.225 e. The van der Waals surface area contributed by atoms with Gasteiger partial charge in [0.25, 0.3) is 0 Å². The van der Waals surface area contributed by atoms with Crippen LogP contribution in [0.4, 0.5) is 11.9 Å². The third kappa shape index (κ3) is 1.39. The van der Waals surface area contributed by atoms with Crippen molar-refractivity contribution in [2.45, 2.75) is 0 Å². The van der Waals surface area contributed by atoms with Gasteiger partial charge in [-0.05, 0) is 12.2 Å². The lowest BCUT2D eigenvalue weighted by molar-refractivity contribution is 1.02. The van der Waals surface area contributed by atoms with Crippen LogP contribution in [0.2, 0.25) is 0 Å². The van der Waals surface area contributed by atoms with E-state index < -0.39 is 0 Å². The van der Waals surface area contributed by atoms with Gasteiger partial charge < -0.3 is 5.73 Å². The lowest BCUT2D eigenvalue weighted by atomic mass is 10.9. The number of nitrogens with one attached hydrogen (secondary N) is 2. The molecule has 10 heavy (non-hydrogen) atoms. The van der Waals surface area contributed by atoms with Crippen molar-refractivity contribution in [1.29, 1.82) is 0 Å². The van der Waals surface area contributed by atoms with Crippen molar-refractivity contribution in [2.75, 3.05) is 11.2 Å². The van der Waals surface area contributed by atoms with Crippen LogP contribution >= 0.6 is 12.2 Å². The van der Waals surface area contributed by atoms with Gasteiger partial charge >= 0.3 is 0 Å². The molecule has 0 aliphatic heterocycles. The third-order valence-electron chi connectivity index (χ3n) is 0.807. The van der Waals surface area contributed by atoms with E-state index in [0.29, 0.717) is 5.95 Å². The van der Waals surface area contributed by atoms with E-state index in [-0.39, 0.29) is 10.7 Å². The van der Waals surface area contributed by atoms with Gasteiger partial charge in [-0.1, -0.05) is 0 Å². The highest BCUT2D eigenvalue weighted by atomic mass is 32.1. The van der Waals surface area contributed by atoms with Crippen LogP contribution in [0.5, 0.6) is 0 Å². The molecule has 1 heterocycles. The number of nitrogens with two attached hydrogens (primary N) is 2. The molecule has 0 aliphatic rings. The molecule has 0 amide bonds. The zero-order valence-electron chi connectivity index (χ0n) is 4.96. The predicted molar refractivity (Wildman–Crippen MR) is 39.4 cm³/mol. The van der Waals surface area contributed by atoms with E-state index in [4.69, 9.17) is 11.6 Å². The Morgan fingerprint density at radius 3 is 2.70 bits per heavy atom. The fourth-order valence-electron chi connectivity index (χ4n) is 0.469. The molecule has 0 unspecified atom stereocenters. The van der Waals surface area contributed by atoms with E-state index in [9.17, 15) is 0 Å². The van der Waals surface area contributed by atoms with Gasteiger partial charge in [-0.3, -0.25) is 10.4 Å². The number of rotatable bonds is 1. The average molecular weight is 158 g/mol. The van der Waals surface area contributed by atoms with Gasteiger partial charge in [0.05, 0.1) is 0 Å². The standard InChI is InChI=1S/C3H6N6S/c4-1-6-2(9-5)8-3(10)7-1/h5H2,(H4,4,6,7,8,9,10). The second-order valence-corrected chi connectivity index (χ2v) is 1.87. The molecule has 0 saturated carbocycles. The molecule has 0 atom stereocenters. The first kappa shape index (κ1) is 6.90. The highest BCUT2D eigenvalue weighted by Gasteiger charge is 1.91. The molecule has 0 fully saturated rings. The van der Waals surface area contributed by atoms with Crippen molar-refractivity contribution < 1.29 is 0 Å². The van der Waals surface area contributed by atoms with Crippen molar-refractivity contribution >= 4 is 24.1 Å². The fraction of sp³-hybridized carbons (Fsp3) is 0. The number of aromatic amines is 1. The second-order valence-electron chi connectivity index (χ2n) is 1.51. The monoisotopic (exact) mass is 158 g/mol. The Morgan fingerprint density at radius 1 is 1.50 bits per heavy atom. The minimum atomic E-state index is 0.157. The molecule has 1 aromatic rings. The van der Waals surface area contributed by atoms with Crippen LogP contribution in [0.15, 0.2) is 0 Å². The Morgan fingerprint density at radius 2 is 2.20 bits per heavy atom. The number of H-pyrrole nitrogens is 1. The van der Waals surface area contributed by atoms with Crippen molar-refractivity contribution in [1.82, 2.24) is 15.0 Å². The Hall–Kier alpha value is -1.21. The SMILES string of the molecule is NNc1nc(=S)nc(N)[nH]1. The molecule has 1 aromatic heterocycles. The minimum Gasteiger partial charge on any atom is -0.369 e. The quantitative estimate of drug-likeness (QED) is 0.247. The molecule has 0 aromatic carbocycles. The number of nitrogen functional groups attached to an aromatic ring is 2. The predicted octanol–water partition coefficient (Wildman–Crippen LogP) is -0.598. The molecule has 7 heteroatoms. The van der Waals surface area contributed by atoms with Gasteiger partial charge in [-0.2, -0.15) is 9.97 Å². The van der Waals surface area contributed by atoms with Crippen molar-refractivity contribution in [2.24, 2.45) is 5.84 Å². The van der Waals surface area contributed by atoms with E-state index in [1.165, 1.54) is 0 Å². The zero-order chi connectivity index (χ0) is 7.56. The van der Waals surface area contributed by atoms with Crippen molar-refractivity contribution in [3.63, 3.8) is 0 Å². The Kier molecular flexibility index (Phi) is 1.78. The summed E-state index contributed by atoms with van der Waals surface area (Å²) in [6, 6.07) is 0. The van der Waals surface area contributed by atoms with E-state index >= 15 is 0 Å². The topological polar surface area (TPSA) is 106 Å². The van der Waals surface area contributed by atoms with E-state index in [1.54, 1.807) is 0 Å². The molecule has 0 saturated heterocycles. The van der Waals surface area contributed by atoms with Crippen LogP contribution in [-0.4, -0.2) is 15.0 Å². The van der Waals surface area contributed by atoms with Gasteiger partial charge in [-0.25, -0.2) is 5.84 Å². The summed E-state index contributed by atoms with van der Waals surface area (Å²) in [5.74, 6) is 5.51. The number of anilines is 2. The molecule has 54 valence electrons. The highest BCUT2D eigenvalue weighted by Crippen LogP contribution is 1.95. The smallest absolute Gasteiger partial charge is 0.225 e. The lowest BCUT2D eigenvalue weighted by Gasteiger charge is -1.97. The number of hydrogen-bond acceptors (Lipinski definition) is 6. The van der Waals surface area contributed by atoms with Crippen LogP contribution < -0.4 is 17.0 Å². The molecular formula is C3H6N6S. The Balaban J connectivity index is 3.19. The van der Waals surface area contributed by atoms with Gasteiger partial charge in [0, 0.05) is 0 Å². The number of hydrazine groups is 1.